The van der Waals surface area contributed by atoms with Crippen LogP contribution in [0.4, 0.5) is 21.3 Å². The average molecular weight is 425 g/mol. The Hall–Kier alpha value is -3.52. The van der Waals surface area contributed by atoms with Crippen LogP contribution in [0.5, 0.6) is 0 Å². The highest BCUT2D eigenvalue weighted by Gasteiger charge is 2.11. The van der Waals surface area contributed by atoms with Crippen molar-refractivity contribution in [2.75, 3.05) is 37.0 Å². The van der Waals surface area contributed by atoms with Crippen molar-refractivity contribution in [3.8, 4) is 0 Å². The molecule has 0 saturated heterocycles. The number of hydrogen-bond donors (Lipinski definition) is 3. The summed E-state index contributed by atoms with van der Waals surface area (Å²) in [4.78, 5) is 32.1. The Balaban J connectivity index is 1.57. The molecule has 0 fully saturated rings. The lowest BCUT2D eigenvalue weighted by Crippen LogP contribution is -2.19. The lowest BCUT2D eigenvalue weighted by molar-refractivity contribution is 0.0328. The largest absolute Gasteiger partial charge is 0.460 e. The smallest absolute Gasteiger partial charge is 0.338 e. The topological polar surface area (TPSA) is 120 Å². The van der Waals surface area contributed by atoms with Gasteiger partial charge in [-0.1, -0.05) is 23.5 Å². The highest BCUT2D eigenvalue weighted by atomic mass is 32.1. The minimum Gasteiger partial charge on any atom is -0.460 e. The van der Waals surface area contributed by atoms with Crippen LogP contribution in [0.25, 0.3) is 15.1 Å². The van der Waals surface area contributed by atoms with Crippen LogP contribution in [-0.2, 0) is 9.47 Å². The molecule has 3 rings (SSSR count). The van der Waals surface area contributed by atoms with E-state index in [1.54, 1.807) is 36.4 Å². The number of rotatable bonds is 8. The first-order valence-corrected chi connectivity index (χ1v) is 9.82. The zero-order valence-electron chi connectivity index (χ0n) is 15.9. The quantitative estimate of drug-likeness (QED) is 0.288. The zero-order valence-corrected chi connectivity index (χ0v) is 16.7. The van der Waals surface area contributed by atoms with Crippen molar-refractivity contribution in [2.45, 2.75) is 0 Å². The standard InChI is InChI=1S/C20H19N5O4S/c1-22-14-5-6-16-17(12-14)30-20(24-16)25-19(27)23-15-4-2-3-13(11-15)18(26)29-10-9-28-8-7-21/h2-6,11-12H,7-10,21H2,(H2,23,24,25,27). The number of anilines is 2. The van der Waals surface area contributed by atoms with Gasteiger partial charge in [-0.2, -0.15) is 0 Å². The van der Waals surface area contributed by atoms with Crippen LogP contribution in [0, 0.1) is 6.57 Å². The minimum atomic E-state index is -0.516. The number of fused-ring (bicyclic) bond motifs is 1. The summed E-state index contributed by atoms with van der Waals surface area (Å²) < 4.78 is 11.1. The summed E-state index contributed by atoms with van der Waals surface area (Å²) in [6, 6.07) is 11.0. The number of urea groups is 1. The Bertz CT molecular complexity index is 1090. The van der Waals surface area contributed by atoms with Crippen molar-refractivity contribution >= 4 is 50.1 Å². The maximum atomic E-state index is 12.3. The third-order valence-electron chi connectivity index (χ3n) is 3.80. The number of aromatic nitrogens is 1. The van der Waals surface area contributed by atoms with Crippen molar-refractivity contribution in [2.24, 2.45) is 5.73 Å². The van der Waals surface area contributed by atoms with Gasteiger partial charge in [0.05, 0.1) is 30.9 Å². The van der Waals surface area contributed by atoms with Crippen LogP contribution in [-0.4, -0.2) is 43.3 Å². The van der Waals surface area contributed by atoms with Crippen LogP contribution in [0.1, 0.15) is 10.4 Å². The summed E-state index contributed by atoms with van der Waals surface area (Å²) in [7, 11) is 0. The Morgan fingerprint density at radius 2 is 2.00 bits per heavy atom. The van der Waals surface area contributed by atoms with E-state index in [0.29, 0.717) is 40.7 Å². The molecule has 0 spiro atoms. The van der Waals surface area contributed by atoms with Crippen molar-refractivity contribution < 1.29 is 19.1 Å². The lowest BCUT2D eigenvalue weighted by atomic mass is 10.2. The molecule has 2 amide bonds. The molecule has 0 radical (unpaired) electrons. The zero-order chi connectivity index (χ0) is 21.3. The van der Waals surface area contributed by atoms with Gasteiger partial charge in [0.2, 0.25) is 0 Å². The van der Waals surface area contributed by atoms with E-state index in [2.05, 4.69) is 20.5 Å². The molecule has 4 N–H and O–H groups in total. The Morgan fingerprint density at radius 3 is 2.80 bits per heavy atom. The SMILES string of the molecule is [C-]#[N+]c1ccc2nc(NC(=O)Nc3cccc(C(=O)OCCOCCN)c3)sc2c1. The summed E-state index contributed by atoms with van der Waals surface area (Å²) in [5, 5.41) is 5.72. The van der Waals surface area contributed by atoms with Crippen molar-refractivity contribution in [3.05, 3.63) is 59.4 Å². The van der Waals surface area contributed by atoms with Crippen LogP contribution >= 0.6 is 11.3 Å². The van der Waals surface area contributed by atoms with Crippen LogP contribution in [0.3, 0.4) is 0 Å². The first-order valence-electron chi connectivity index (χ1n) is 9.00. The van der Waals surface area contributed by atoms with Crippen molar-refractivity contribution in [3.63, 3.8) is 0 Å². The van der Waals surface area contributed by atoms with Crippen molar-refractivity contribution in [1.29, 1.82) is 0 Å². The van der Waals surface area contributed by atoms with Gasteiger partial charge in [-0.25, -0.2) is 19.4 Å². The summed E-state index contributed by atoms with van der Waals surface area (Å²) >= 11 is 1.27. The second-order valence-electron chi connectivity index (χ2n) is 5.98. The fourth-order valence-corrected chi connectivity index (χ4v) is 3.38. The molecule has 1 aromatic heterocycles. The molecule has 0 aliphatic rings. The highest BCUT2D eigenvalue weighted by molar-refractivity contribution is 7.22. The van der Waals surface area contributed by atoms with E-state index < -0.39 is 12.0 Å². The maximum Gasteiger partial charge on any atom is 0.338 e. The molecule has 3 aromatic rings. The van der Waals surface area contributed by atoms with E-state index in [-0.39, 0.29) is 13.2 Å². The number of ether oxygens (including phenoxy) is 2. The van der Waals surface area contributed by atoms with Crippen LogP contribution in [0.15, 0.2) is 42.5 Å². The van der Waals surface area contributed by atoms with E-state index in [1.807, 2.05) is 0 Å². The monoisotopic (exact) mass is 425 g/mol. The Kier molecular flexibility index (Phi) is 7.29. The summed E-state index contributed by atoms with van der Waals surface area (Å²) in [5.41, 5.74) is 7.25. The van der Waals surface area contributed by atoms with Gasteiger partial charge in [0.1, 0.15) is 6.61 Å². The number of hydrogen-bond acceptors (Lipinski definition) is 7. The first-order chi connectivity index (χ1) is 14.6. The van der Waals surface area contributed by atoms with E-state index in [1.165, 1.54) is 17.4 Å². The van der Waals surface area contributed by atoms with E-state index in [4.69, 9.17) is 21.8 Å². The molecule has 10 heteroatoms. The number of thiazole rings is 1. The minimum absolute atomic E-state index is 0.115. The molecule has 0 atom stereocenters. The summed E-state index contributed by atoms with van der Waals surface area (Å²) in [5.74, 6) is -0.516. The number of nitrogens with two attached hydrogens (primary N) is 1. The number of esters is 1. The van der Waals surface area contributed by atoms with Gasteiger partial charge >= 0.3 is 12.0 Å². The predicted octanol–water partition coefficient (Wildman–Crippen LogP) is 3.62. The molecule has 0 saturated carbocycles. The molecule has 2 aromatic carbocycles. The summed E-state index contributed by atoms with van der Waals surface area (Å²) in [6.07, 6.45) is 0. The summed E-state index contributed by atoms with van der Waals surface area (Å²) in [6.45, 7) is 8.25. The molecule has 1 heterocycles. The molecule has 9 nitrogen and oxygen atoms in total. The Morgan fingerprint density at radius 1 is 1.13 bits per heavy atom. The van der Waals surface area contributed by atoms with Crippen LogP contribution in [0.2, 0.25) is 0 Å². The molecular formula is C20H19N5O4S. The number of carbonyl (C=O) groups is 2. The molecule has 0 aliphatic carbocycles. The fraction of sp³-hybridized carbons (Fsp3) is 0.200. The molecule has 0 aliphatic heterocycles. The molecular weight excluding hydrogens is 406 g/mol. The van der Waals surface area contributed by atoms with Gasteiger partial charge in [-0.05, 0) is 30.3 Å². The molecule has 0 bridgehead atoms. The third-order valence-corrected chi connectivity index (χ3v) is 4.73. The third kappa shape index (κ3) is 5.74. The Labute approximate surface area is 176 Å². The van der Waals surface area contributed by atoms with Gasteiger partial charge in [-0.15, -0.1) is 0 Å². The average Bonchev–Trinajstić information content (AvgIpc) is 3.14. The molecule has 0 unspecified atom stereocenters. The van der Waals surface area contributed by atoms with Gasteiger partial charge in [0.25, 0.3) is 0 Å². The number of carbonyl (C=O) groups excluding carboxylic acids is 2. The lowest BCUT2D eigenvalue weighted by Gasteiger charge is -2.08. The van der Waals surface area contributed by atoms with Gasteiger partial charge in [0.15, 0.2) is 10.8 Å². The fourth-order valence-electron chi connectivity index (χ4n) is 2.48. The van der Waals surface area contributed by atoms with Gasteiger partial charge in [0, 0.05) is 16.9 Å². The van der Waals surface area contributed by atoms with Gasteiger partial charge < -0.3 is 20.5 Å². The molecule has 154 valence electrons. The second-order valence-corrected chi connectivity index (χ2v) is 7.01. The molecule has 30 heavy (non-hydrogen) atoms. The second kappa shape index (κ2) is 10.3. The number of benzene rings is 2. The highest BCUT2D eigenvalue weighted by Crippen LogP contribution is 2.29. The van der Waals surface area contributed by atoms with E-state index in [0.717, 1.165) is 4.70 Å². The van der Waals surface area contributed by atoms with E-state index in [9.17, 15) is 9.59 Å². The van der Waals surface area contributed by atoms with Crippen LogP contribution < -0.4 is 16.4 Å². The maximum absolute atomic E-state index is 12.3. The number of nitrogens with zero attached hydrogens (tertiary/aromatic N) is 2. The predicted molar refractivity (Wildman–Crippen MR) is 115 cm³/mol. The first kappa shape index (κ1) is 21.2. The number of nitrogens with one attached hydrogen (secondary N) is 2. The van der Waals surface area contributed by atoms with Gasteiger partial charge in [-0.3, -0.25) is 5.32 Å². The number of amides is 2. The van der Waals surface area contributed by atoms with Crippen molar-refractivity contribution in [1.82, 2.24) is 4.98 Å². The van der Waals surface area contributed by atoms with E-state index >= 15 is 0 Å². The normalized spacial score (nSPS) is 10.4.